The van der Waals surface area contributed by atoms with Crippen LogP contribution >= 0.6 is 0 Å². The van der Waals surface area contributed by atoms with Crippen LogP contribution in [0.15, 0.2) is 18.2 Å². The fraction of sp³-hybridized carbons (Fsp3) is 0.462. The summed E-state index contributed by atoms with van der Waals surface area (Å²) in [6, 6.07) is 4.97. The van der Waals surface area contributed by atoms with Gasteiger partial charge < -0.3 is 23.7 Å². The van der Waals surface area contributed by atoms with Gasteiger partial charge in [0.05, 0.1) is 11.3 Å². The number of hydrogen-bond acceptors (Lipinski definition) is 5. The third-order valence-electron chi connectivity index (χ3n) is 2.44. The number of para-hydroxylation sites is 1. The van der Waals surface area contributed by atoms with Crippen LogP contribution in [-0.4, -0.2) is 40.4 Å². The SMILES string of the molecule is CCO[SiH](OCC)OCC.O=C1Nc2cccc1c2O. The largest absolute Gasteiger partial charge is 0.505 e. The number of benzene rings is 1. The van der Waals surface area contributed by atoms with Crippen LogP contribution < -0.4 is 5.32 Å². The molecule has 0 spiro atoms. The smallest absolute Gasteiger partial charge is 0.484 e. The van der Waals surface area contributed by atoms with Gasteiger partial charge in [0.15, 0.2) is 5.75 Å². The van der Waals surface area contributed by atoms with Gasteiger partial charge in [-0.2, -0.15) is 0 Å². The first-order valence-corrected chi connectivity index (χ1v) is 8.03. The van der Waals surface area contributed by atoms with Crippen LogP contribution in [0.4, 0.5) is 5.69 Å². The van der Waals surface area contributed by atoms with Crippen LogP contribution in [0, 0.1) is 0 Å². The molecule has 0 fully saturated rings. The molecule has 20 heavy (non-hydrogen) atoms. The summed E-state index contributed by atoms with van der Waals surface area (Å²) in [5.41, 5.74) is 0.861. The molecule has 0 atom stereocenters. The Bertz CT molecular complexity index is 427. The zero-order valence-electron chi connectivity index (χ0n) is 12.0. The molecular weight excluding hydrogens is 278 g/mol. The molecule has 2 N–H and O–H groups in total. The van der Waals surface area contributed by atoms with Gasteiger partial charge in [-0.1, -0.05) is 6.07 Å². The topological polar surface area (TPSA) is 77.0 Å². The van der Waals surface area contributed by atoms with Crippen molar-refractivity contribution < 1.29 is 23.2 Å². The summed E-state index contributed by atoms with van der Waals surface area (Å²) in [4.78, 5) is 10.8. The Balaban J connectivity index is 0.000000200. The molecule has 0 saturated heterocycles. The average Bonchev–Trinajstić information content (AvgIpc) is 2.60. The Morgan fingerprint density at radius 1 is 1.10 bits per heavy atom. The molecule has 0 unspecified atom stereocenters. The summed E-state index contributed by atoms with van der Waals surface area (Å²) < 4.78 is 15.7. The van der Waals surface area contributed by atoms with E-state index in [0.29, 0.717) is 31.1 Å². The van der Waals surface area contributed by atoms with Crippen molar-refractivity contribution in [3.63, 3.8) is 0 Å². The van der Waals surface area contributed by atoms with Gasteiger partial charge in [-0.15, -0.1) is 0 Å². The molecule has 0 saturated carbocycles. The van der Waals surface area contributed by atoms with E-state index in [1.807, 2.05) is 20.8 Å². The molecule has 1 aromatic carbocycles. The highest BCUT2D eigenvalue weighted by Crippen LogP contribution is 2.33. The molecule has 0 radical (unpaired) electrons. The summed E-state index contributed by atoms with van der Waals surface area (Å²) in [6.07, 6.45) is 0. The van der Waals surface area contributed by atoms with E-state index in [2.05, 4.69) is 5.32 Å². The van der Waals surface area contributed by atoms with Crippen LogP contribution in [0.3, 0.4) is 0 Å². The number of carbonyl (C=O) groups is 1. The Morgan fingerprint density at radius 2 is 1.65 bits per heavy atom. The maximum absolute atomic E-state index is 10.8. The van der Waals surface area contributed by atoms with Gasteiger partial charge in [0.2, 0.25) is 0 Å². The van der Waals surface area contributed by atoms with Crippen molar-refractivity contribution in [2.45, 2.75) is 20.8 Å². The third-order valence-corrected chi connectivity index (χ3v) is 4.25. The van der Waals surface area contributed by atoms with Crippen molar-refractivity contribution in [3.05, 3.63) is 23.8 Å². The van der Waals surface area contributed by atoms with Crippen LogP contribution in [0.25, 0.3) is 0 Å². The number of fused-ring (bicyclic) bond motifs is 2. The quantitative estimate of drug-likeness (QED) is 0.618. The number of nitrogens with one attached hydrogen (secondary N) is 1. The molecule has 2 bridgehead atoms. The van der Waals surface area contributed by atoms with E-state index in [4.69, 9.17) is 18.4 Å². The van der Waals surface area contributed by atoms with Crippen molar-refractivity contribution in [3.8, 4) is 5.75 Å². The molecule has 1 amide bonds. The van der Waals surface area contributed by atoms with Gasteiger partial charge in [-0.3, -0.25) is 4.79 Å². The Morgan fingerprint density at radius 3 is 2.05 bits per heavy atom. The number of aromatic hydroxyl groups is 1. The van der Waals surface area contributed by atoms with E-state index in [1.165, 1.54) is 0 Å². The number of hydrogen-bond donors (Lipinski definition) is 2. The summed E-state index contributed by atoms with van der Waals surface area (Å²) in [7, 11) is -1.73. The number of phenolic OH excluding ortho intramolecular Hbond substituents is 1. The van der Waals surface area contributed by atoms with Crippen LogP contribution in [0.1, 0.15) is 31.1 Å². The maximum atomic E-state index is 10.8. The second-order valence-electron chi connectivity index (χ2n) is 3.81. The molecule has 1 aliphatic rings. The Hall–Kier alpha value is -1.41. The minimum Gasteiger partial charge on any atom is -0.505 e. The van der Waals surface area contributed by atoms with Crippen LogP contribution in [0.5, 0.6) is 5.75 Å². The predicted octanol–water partition coefficient (Wildman–Crippen LogP) is 1.77. The number of amides is 1. The van der Waals surface area contributed by atoms with Crippen molar-refractivity contribution in [2.24, 2.45) is 0 Å². The van der Waals surface area contributed by atoms with Crippen molar-refractivity contribution in [2.75, 3.05) is 25.1 Å². The third kappa shape index (κ3) is 4.60. The van der Waals surface area contributed by atoms with Crippen molar-refractivity contribution in [1.82, 2.24) is 0 Å². The van der Waals surface area contributed by atoms with Gasteiger partial charge in [0.25, 0.3) is 5.91 Å². The monoisotopic (exact) mass is 299 g/mol. The van der Waals surface area contributed by atoms with Crippen molar-refractivity contribution in [1.29, 1.82) is 0 Å². The standard InChI is InChI=1S/C7H5NO2.C6H16O3Si/c9-6-4-2-1-3-5(6)8-7(4)10;1-4-7-10(8-5-2)9-6-3/h1-3,9H,(H,8,10);10H,4-6H2,1-3H3. The predicted molar refractivity (Wildman–Crippen MR) is 78.1 cm³/mol. The lowest BCUT2D eigenvalue weighted by atomic mass is 10.2. The number of anilines is 1. The molecule has 0 aromatic heterocycles. The van der Waals surface area contributed by atoms with E-state index in [9.17, 15) is 4.79 Å². The summed E-state index contributed by atoms with van der Waals surface area (Å²) in [5, 5.41) is 11.7. The van der Waals surface area contributed by atoms with Gasteiger partial charge in [0.1, 0.15) is 0 Å². The van der Waals surface area contributed by atoms with E-state index in [-0.39, 0.29) is 11.7 Å². The van der Waals surface area contributed by atoms with E-state index < -0.39 is 9.53 Å². The summed E-state index contributed by atoms with van der Waals surface area (Å²) >= 11 is 0. The molecule has 2 rings (SSSR count). The number of carbonyl (C=O) groups excluding carboxylic acids is 1. The highest BCUT2D eigenvalue weighted by molar-refractivity contribution is 6.36. The lowest BCUT2D eigenvalue weighted by Gasteiger charge is -2.12. The molecule has 1 heterocycles. The van der Waals surface area contributed by atoms with E-state index in [1.54, 1.807) is 18.2 Å². The van der Waals surface area contributed by atoms with Crippen LogP contribution in [0.2, 0.25) is 0 Å². The first kappa shape index (κ1) is 16.6. The normalized spacial score (nSPS) is 12.1. The second kappa shape index (κ2) is 8.70. The first-order valence-electron chi connectivity index (χ1n) is 6.62. The highest BCUT2D eigenvalue weighted by atomic mass is 28.3. The molecule has 1 aromatic rings. The number of rotatable bonds is 6. The summed E-state index contributed by atoms with van der Waals surface area (Å²) in [5.74, 6) is -0.162. The number of phenols is 1. The Labute approximate surface area is 120 Å². The fourth-order valence-electron chi connectivity index (χ4n) is 1.57. The summed E-state index contributed by atoms with van der Waals surface area (Å²) in [6.45, 7) is 7.86. The molecule has 6 nitrogen and oxygen atoms in total. The fourth-order valence-corrected chi connectivity index (χ4v) is 2.68. The van der Waals surface area contributed by atoms with Gasteiger partial charge in [0, 0.05) is 19.8 Å². The molecule has 112 valence electrons. The zero-order chi connectivity index (χ0) is 15.0. The van der Waals surface area contributed by atoms with Crippen LogP contribution in [-0.2, 0) is 13.3 Å². The van der Waals surface area contributed by atoms with E-state index >= 15 is 0 Å². The van der Waals surface area contributed by atoms with Gasteiger partial charge in [-0.25, -0.2) is 0 Å². The molecule has 0 aliphatic carbocycles. The lowest BCUT2D eigenvalue weighted by molar-refractivity contribution is 0.102. The van der Waals surface area contributed by atoms with Crippen molar-refractivity contribution >= 4 is 21.1 Å². The molecule has 7 heteroatoms. The molecular formula is C13H21NO5Si. The maximum Gasteiger partial charge on any atom is 0.484 e. The van der Waals surface area contributed by atoms with E-state index in [0.717, 1.165) is 0 Å². The molecule has 1 aliphatic heterocycles. The van der Waals surface area contributed by atoms with Gasteiger partial charge >= 0.3 is 9.53 Å². The minimum absolute atomic E-state index is 0.0625. The highest BCUT2D eigenvalue weighted by Gasteiger charge is 2.21. The van der Waals surface area contributed by atoms with Gasteiger partial charge in [-0.05, 0) is 32.9 Å². The lowest BCUT2D eigenvalue weighted by Crippen LogP contribution is -2.27. The zero-order valence-corrected chi connectivity index (χ0v) is 13.2. The Kier molecular flexibility index (Phi) is 7.24. The minimum atomic E-state index is -1.73. The first-order chi connectivity index (χ1) is 9.63. The average molecular weight is 299 g/mol. The second-order valence-corrected chi connectivity index (χ2v) is 5.39.